The van der Waals surface area contributed by atoms with Gasteiger partial charge in [-0.1, -0.05) is 0 Å². The fourth-order valence-electron chi connectivity index (χ4n) is 5.19. The standard InChI is InChI=1S/C32H26O4Se/c1-35-30(33)27-25-20-12-13-21-26(25)32(24-18-10-5-11-19-24,37-29(27)31(34)36-2)28(22-14-6-3-7-15-22)23-16-8-4-9-17-23/h3-21,28H,1-2H3. The molecule has 37 heavy (non-hydrogen) atoms. The number of rotatable bonds is 6. The Morgan fingerprint density at radius 3 is 1.68 bits per heavy atom. The van der Waals surface area contributed by atoms with Crippen molar-refractivity contribution in [2.24, 2.45) is 0 Å². The van der Waals surface area contributed by atoms with Crippen LogP contribution in [-0.2, 0) is 23.4 Å². The molecular formula is C32H26O4Se. The summed E-state index contributed by atoms with van der Waals surface area (Å²) in [4.78, 5) is 26.5. The average molecular weight is 554 g/mol. The molecule has 0 aromatic heterocycles. The first-order valence-corrected chi connectivity index (χ1v) is 13.7. The molecule has 1 aliphatic heterocycles. The van der Waals surface area contributed by atoms with E-state index >= 15 is 0 Å². The van der Waals surface area contributed by atoms with E-state index in [0.717, 1.165) is 22.3 Å². The van der Waals surface area contributed by atoms with Crippen molar-refractivity contribution in [1.29, 1.82) is 0 Å². The van der Waals surface area contributed by atoms with Gasteiger partial charge in [0.15, 0.2) is 0 Å². The van der Waals surface area contributed by atoms with E-state index in [2.05, 4.69) is 42.5 Å². The Balaban J connectivity index is 1.94. The number of carbonyl (C=O) groups is 2. The van der Waals surface area contributed by atoms with Crippen LogP contribution in [-0.4, -0.2) is 41.1 Å². The summed E-state index contributed by atoms with van der Waals surface area (Å²) < 4.78 is 10.2. The van der Waals surface area contributed by atoms with E-state index in [-0.39, 0.29) is 11.5 Å². The molecule has 0 spiro atoms. The molecule has 0 aliphatic carbocycles. The summed E-state index contributed by atoms with van der Waals surface area (Å²) in [6.07, 6.45) is 0. The van der Waals surface area contributed by atoms with Crippen LogP contribution in [0.1, 0.15) is 33.7 Å². The third-order valence-electron chi connectivity index (χ3n) is 6.72. The quantitative estimate of drug-likeness (QED) is 0.233. The van der Waals surface area contributed by atoms with Crippen LogP contribution in [0.3, 0.4) is 0 Å². The van der Waals surface area contributed by atoms with E-state index in [0.29, 0.717) is 10.0 Å². The normalized spacial score (nSPS) is 16.7. The molecule has 0 amide bonds. The van der Waals surface area contributed by atoms with Gasteiger partial charge in [0.25, 0.3) is 0 Å². The van der Waals surface area contributed by atoms with E-state index in [1.807, 2.05) is 72.8 Å². The van der Waals surface area contributed by atoms with E-state index in [1.54, 1.807) is 0 Å². The van der Waals surface area contributed by atoms with Crippen molar-refractivity contribution >= 4 is 32.5 Å². The minimum atomic E-state index is -0.658. The number of fused-ring (bicyclic) bond motifs is 1. The van der Waals surface area contributed by atoms with Gasteiger partial charge in [0.2, 0.25) is 0 Å². The first-order chi connectivity index (χ1) is 18.1. The molecule has 0 N–H and O–H groups in total. The van der Waals surface area contributed by atoms with E-state index < -0.39 is 31.2 Å². The van der Waals surface area contributed by atoms with Crippen molar-refractivity contribution in [3.63, 3.8) is 0 Å². The molecule has 4 nitrogen and oxygen atoms in total. The van der Waals surface area contributed by atoms with Crippen molar-refractivity contribution < 1.29 is 19.1 Å². The fourth-order valence-corrected chi connectivity index (χ4v) is 8.79. The predicted octanol–water partition coefficient (Wildman–Crippen LogP) is 5.54. The molecule has 1 unspecified atom stereocenters. The molecule has 1 heterocycles. The van der Waals surface area contributed by atoms with Crippen molar-refractivity contribution in [3.05, 3.63) is 148 Å². The second kappa shape index (κ2) is 10.6. The Labute approximate surface area is 223 Å². The van der Waals surface area contributed by atoms with E-state index in [9.17, 15) is 9.59 Å². The third-order valence-corrected chi connectivity index (χ3v) is 10.1. The van der Waals surface area contributed by atoms with Gasteiger partial charge in [-0.2, -0.15) is 0 Å². The summed E-state index contributed by atoms with van der Waals surface area (Å²) in [6.45, 7) is 0. The zero-order valence-corrected chi connectivity index (χ0v) is 22.3. The van der Waals surface area contributed by atoms with Crippen molar-refractivity contribution in [2.75, 3.05) is 14.2 Å². The Hall–Kier alpha value is -3.92. The van der Waals surface area contributed by atoms with Crippen LogP contribution in [0.2, 0.25) is 0 Å². The van der Waals surface area contributed by atoms with Crippen LogP contribution in [0, 0.1) is 0 Å². The number of benzene rings is 4. The first kappa shape index (κ1) is 24.8. The van der Waals surface area contributed by atoms with Crippen LogP contribution < -0.4 is 0 Å². The van der Waals surface area contributed by atoms with E-state index in [4.69, 9.17) is 9.47 Å². The maximum absolute atomic E-state index is 13.3. The van der Waals surface area contributed by atoms with Crippen LogP contribution in [0.25, 0.3) is 5.57 Å². The molecule has 4 aromatic rings. The first-order valence-electron chi connectivity index (χ1n) is 12.0. The number of methoxy groups -OCH3 is 2. The second-order valence-corrected chi connectivity index (χ2v) is 11.3. The molecule has 0 radical (unpaired) electrons. The second-order valence-electron chi connectivity index (χ2n) is 8.69. The van der Waals surface area contributed by atoms with Gasteiger partial charge in [-0.25, -0.2) is 0 Å². The van der Waals surface area contributed by atoms with Crippen molar-refractivity contribution in [1.82, 2.24) is 0 Å². The number of carbonyl (C=O) groups excluding carboxylic acids is 2. The Kier molecular flexibility index (Phi) is 7.09. The Morgan fingerprint density at radius 1 is 0.649 bits per heavy atom. The molecule has 5 rings (SSSR count). The van der Waals surface area contributed by atoms with Gasteiger partial charge in [-0.3, -0.25) is 0 Å². The van der Waals surface area contributed by atoms with Gasteiger partial charge in [0, 0.05) is 0 Å². The van der Waals surface area contributed by atoms with Gasteiger partial charge in [0.1, 0.15) is 0 Å². The van der Waals surface area contributed by atoms with Crippen molar-refractivity contribution in [2.45, 2.75) is 10.2 Å². The van der Waals surface area contributed by atoms with Gasteiger partial charge in [-0.05, 0) is 0 Å². The van der Waals surface area contributed by atoms with Crippen LogP contribution in [0.4, 0.5) is 0 Å². The molecule has 0 fully saturated rings. The summed E-state index contributed by atoms with van der Waals surface area (Å²) in [5.74, 6) is -1.18. The van der Waals surface area contributed by atoms with Crippen molar-refractivity contribution in [3.8, 4) is 0 Å². The van der Waals surface area contributed by atoms with Gasteiger partial charge >= 0.3 is 224 Å². The zero-order chi connectivity index (χ0) is 25.8. The molecule has 5 heteroatoms. The number of hydrogen-bond donors (Lipinski definition) is 0. The molecule has 0 bridgehead atoms. The predicted molar refractivity (Wildman–Crippen MR) is 145 cm³/mol. The van der Waals surface area contributed by atoms with E-state index in [1.165, 1.54) is 14.2 Å². The molecule has 4 aromatic carbocycles. The van der Waals surface area contributed by atoms with Crippen LogP contribution in [0.15, 0.2) is 120 Å². The Morgan fingerprint density at radius 2 is 1.14 bits per heavy atom. The molecule has 0 saturated heterocycles. The number of hydrogen-bond acceptors (Lipinski definition) is 4. The summed E-state index contributed by atoms with van der Waals surface area (Å²) in [7, 11) is 2.70. The SMILES string of the molecule is COC(=O)C1=C(C(=O)OC)c2ccccc2C(c2ccccc2)(C(c2ccccc2)c2ccccc2)[Se]1. The molecular weight excluding hydrogens is 527 g/mol. The maximum atomic E-state index is 13.3. The van der Waals surface area contributed by atoms with Gasteiger partial charge in [0.05, 0.1) is 0 Å². The summed E-state index contributed by atoms with van der Waals surface area (Å²) in [6, 6.07) is 38.9. The third kappa shape index (κ3) is 4.31. The number of esters is 2. The summed E-state index contributed by atoms with van der Waals surface area (Å²) in [5, 5.41) is 0. The summed E-state index contributed by atoms with van der Waals surface area (Å²) >= 11 is -0.560. The average Bonchev–Trinajstić information content (AvgIpc) is 2.97. The topological polar surface area (TPSA) is 52.6 Å². The van der Waals surface area contributed by atoms with Crippen LogP contribution >= 0.6 is 0 Å². The number of ether oxygens (including phenoxy) is 2. The molecule has 1 atom stereocenters. The van der Waals surface area contributed by atoms with Crippen LogP contribution in [0.5, 0.6) is 0 Å². The summed E-state index contributed by atoms with van der Waals surface area (Å²) in [5.41, 5.74) is 5.30. The fraction of sp³-hybridized carbons (Fsp3) is 0.125. The minimum absolute atomic E-state index is 0.141. The molecule has 0 saturated carbocycles. The van der Waals surface area contributed by atoms with Gasteiger partial charge < -0.3 is 0 Å². The Bertz CT molecular complexity index is 1410. The molecule has 184 valence electrons. The molecule has 1 aliphatic rings. The zero-order valence-electron chi connectivity index (χ0n) is 20.6. The van der Waals surface area contributed by atoms with Gasteiger partial charge in [-0.15, -0.1) is 0 Å². The monoisotopic (exact) mass is 554 g/mol.